The fourth-order valence-electron chi connectivity index (χ4n) is 2.99. The van der Waals surface area contributed by atoms with Crippen LogP contribution in [-0.4, -0.2) is 54.9 Å². The third-order valence-corrected chi connectivity index (χ3v) is 6.55. The molecule has 1 aliphatic carbocycles. The Bertz CT molecular complexity index is 866. The fourth-order valence-corrected chi connectivity index (χ4v) is 4.43. The molecule has 132 valence electrons. The van der Waals surface area contributed by atoms with E-state index >= 15 is 0 Å². The van der Waals surface area contributed by atoms with Gasteiger partial charge in [0.25, 0.3) is 5.91 Å². The van der Waals surface area contributed by atoms with Crippen LogP contribution in [0.25, 0.3) is 0 Å². The van der Waals surface area contributed by atoms with E-state index < -0.39 is 10.0 Å². The third-order valence-electron chi connectivity index (χ3n) is 4.63. The minimum absolute atomic E-state index is 0.201. The zero-order valence-electron chi connectivity index (χ0n) is 13.7. The number of hydrogen-bond acceptors (Lipinski definition) is 5. The van der Waals surface area contributed by atoms with Gasteiger partial charge in [-0.1, -0.05) is 23.4 Å². The second-order valence-corrected chi connectivity index (χ2v) is 8.34. The maximum Gasteiger partial charge on any atom is 0.276 e. The van der Waals surface area contributed by atoms with Gasteiger partial charge in [0.05, 0.1) is 4.90 Å². The first-order valence-corrected chi connectivity index (χ1v) is 9.81. The molecule has 2 fully saturated rings. The molecular formula is C17H19N3O4S. The third kappa shape index (κ3) is 3.19. The predicted molar refractivity (Wildman–Crippen MR) is 89.6 cm³/mol. The molecule has 1 saturated heterocycles. The van der Waals surface area contributed by atoms with Crippen molar-refractivity contribution in [3.8, 4) is 0 Å². The number of benzene rings is 1. The van der Waals surface area contributed by atoms with E-state index in [1.807, 2.05) is 0 Å². The van der Waals surface area contributed by atoms with Crippen molar-refractivity contribution in [2.45, 2.75) is 23.7 Å². The van der Waals surface area contributed by atoms with Gasteiger partial charge in [-0.3, -0.25) is 4.79 Å². The van der Waals surface area contributed by atoms with Crippen molar-refractivity contribution < 1.29 is 17.7 Å². The van der Waals surface area contributed by atoms with Crippen molar-refractivity contribution in [1.29, 1.82) is 0 Å². The molecule has 0 radical (unpaired) electrons. The number of sulfonamides is 1. The lowest BCUT2D eigenvalue weighted by Crippen LogP contribution is -2.50. The summed E-state index contributed by atoms with van der Waals surface area (Å²) >= 11 is 0. The van der Waals surface area contributed by atoms with Gasteiger partial charge in [-0.15, -0.1) is 0 Å². The van der Waals surface area contributed by atoms with Gasteiger partial charge in [0, 0.05) is 38.2 Å². The van der Waals surface area contributed by atoms with E-state index in [0.29, 0.717) is 24.7 Å². The molecule has 1 aromatic carbocycles. The Morgan fingerprint density at radius 3 is 2.40 bits per heavy atom. The Balaban J connectivity index is 1.41. The van der Waals surface area contributed by atoms with Crippen LogP contribution in [0.15, 0.2) is 45.8 Å². The van der Waals surface area contributed by atoms with Crippen molar-refractivity contribution in [2.24, 2.45) is 0 Å². The summed E-state index contributed by atoms with van der Waals surface area (Å²) in [5, 5.41) is 3.87. The molecule has 2 heterocycles. The summed E-state index contributed by atoms with van der Waals surface area (Å²) in [4.78, 5) is 14.4. The monoisotopic (exact) mass is 361 g/mol. The number of carbonyl (C=O) groups is 1. The highest BCUT2D eigenvalue weighted by molar-refractivity contribution is 7.89. The number of piperazine rings is 1. The Kier molecular flexibility index (Phi) is 4.09. The zero-order valence-corrected chi connectivity index (χ0v) is 14.5. The minimum Gasteiger partial charge on any atom is -0.360 e. The summed E-state index contributed by atoms with van der Waals surface area (Å²) in [6.45, 7) is 1.24. The van der Waals surface area contributed by atoms with Crippen LogP contribution in [-0.2, 0) is 10.0 Å². The molecule has 1 aliphatic heterocycles. The largest absolute Gasteiger partial charge is 0.360 e. The normalized spacial score (nSPS) is 19.1. The fraction of sp³-hybridized carbons (Fsp3) is 0.412. The molecule has 0 spiro atoms. The number of aromatic nitrogens is 1. The summed E-state index contributed by atoms with van der Waals surface area (Å²) in [5.41, 5.74) is 0.307. The standard InChI is InChI=1S/C17H19N3O4S/c21-17(15-12-16(24-18-15)13-6-7-13)19-8-10-20(11-9-19)25(22,23)14-4-2-1-3-5-14/h1-5,12-13H,6-11H2. The van der Waals surface area contributed by atoms with E-state index in [1.54, 1.807) is 41.3 Å². The van der Waals surface area contributed by atoms with Gasteiger partial charge in [-0.2, -0.15) is 4.31 Å². The maximum absolute atomic E-state index is 12.6. The lowest BCUT2D eigenvalue weighted by Gasteiger charge is -2.33. The van der Waals surface area contributed by atoms with Gasteiger partial charge in [0.15, 0.2) is 5.69 Å². The van der Waals surface area contributed by atoms with Crippen LogP contribution < -0.4 is 0 Å². The lowest BCUT2D eigenvalue weighted by molar-refractivity contribution is 0.0687. The highest BCUT2D eigenvalue weighted by Crippen LogP contribution is 2.40. The molecule has 1 amide bonds. The molecule has 0 N–H and O–H groups in total. The van der Waals surface area contributed by atoms with Crippen LogP contribution in [0.5, 0.6) is 0 Å². The summed E-state index contributed by atoms with van der Waals surface area (Å²) in [7, 11) is -3.51. The SMILES string of the molecule is O=C(c1cc(C2CC2)on1)N1CCN(S(=O)(=O)c2ccccc2)CC1. The second-order valence-electron chi connectivity index (χ2n) is 6.40. The smallest absolute Gasteiger partial charge is 0.276 e. The molecule has 0 unspecified atom stereocenters. The van der Waals surface area contributed by atoms with Gasteiger partial charge < -0.3 is 9.42 Å². The molecule has 1 aromatic heterocycles. The molecule has 4 rings (SSSR count). The summed E-state index contributed by atoms with van der Waals surface area (Å²) in [6.07, 6.45) is 2.16. The van der Waals surface area contributed by atoms with Gasteiger partial charge in [0.1, 0.15) is 5.76 Å². The van der Waals surface area contributed by atoms with E-state index in [4.69, 9.17) is 4.52 Å². The van der Waals surface area contributed by atoms with E-state index in [0.717, 1.165) is 18.6 Å². The Morgan fingerprint density at radius 2 is 1.76 bits per heavy atom. The number of rotatable bonds is 4. The van der Waals surface area contributed by atoms with Gasteiger partial charge in [0.2, 0.25) is 10.0 Å². The van der Waals surface area contributed by atoms with E-state index in [2.05, 4.69) is 5.16 Å². The van der Waals surface area contributed by atoms with Crippen LogP contribution in [0.1, 0.15) is 35.0 Å². The first-order chi connectivity index (χ1) is 12.1. The molecule has 2 aromatic rings. The van der Waals surface area contributed by atoms with Crippen LogP contribution >= 0.6 is 0 Å². The van der Waals surface area contributed by atoms with Crippen molar-refractivity contribution in [3.63, 3.8) is 0 Å². The van der Waals surface area contributed by atoms with Crippen LogP contribution in [0, 0.1) is 0 Å². The highest BCUT2D eigenvalue weighted by atomic mass is 32.2. The predicted octanol–water partition coefficient (Wildman–Crippen LogP) is 1.70. The Hall–Kier alpha value is -2.19. The topological polar surface area (TPSA) is 83.7 Å². The summed E-state index contributed by atoms with van der Waals surface area (Å²) < 4.78 is 31.9. The Labute approximate surface area is 146 Å². The van der Waals surface area contributed by atoms with Gasteiger partial charge in [-0.05, 0) is 25.0 Å². The summed E-state index contributed by atoms with van der Waals surface area (Å²) in [5.74, 6) is 0.975. The number of carbonyl (C=O) groups excluding carboxylic acids is 1. The quantitative estimate of drug-likeness (QED) is 0.828. The van der Waals surface area contributed by atoms with Crippen LogP contribution in [0.2, 0.25) is 0 Å². The second kappa shape index (κ2) is 6.27. The lowest BCUT2D eigenvalue weighted by atomic mass is 10.2. The van der Waals surface area contributed by atoms with E-state index in [1.165, 1.54) is 4.31 Å². The van der Waals surface area contributed by atoms with Crippen LogP contribution in [0.3, 0.4) is 0 Å². The molecule has 0 bridgehead atoms. The highest BCUT2D eigenvalue weighted by Gasteiger charge is 2.33. The average Bonchev–Trinajstić information content (AvgIpc) is 3.39. The van der Waals surface area contributed by atoms with Gasteiger partial charge in [-0.25, -0.2) is 8.42 Å². The minimum atomic E-state index is -3.51. The van der Waals surface area contributed by atoms with Crippen molar-refractivity contribution in [1.82, 2.24) is 14.4 Å². The number of hydrogen-bond donors (Lipinski definition) is 0. The molecule has 25 heavy (non-hydrogen) atoms. The maximum atomic E-state index is 12.6. The zero-order chi connectivity index (χ0) is 17.4. The molecule has 2 aliphatic rings. The number of amides is 1. The first kappa shape index (κ1) is 16.3. The van der Waals surface area contributed by atoms with E-state index in [9.17, 15) is 13.2 Å². The molecular weight excluding hydrogens is 342 g/mol. The summed E-state index contributed by atoms with van der Waals surface area (Å²) in [6, 6.07) is 10.1. The van der Waals surface area contributed by atoms with E-state index in [-0.39, 0.29) is 23.9 Å². The van der Waals surface area contributed by atoms with Crippen LogP contribution in [0.4, 0.5) is 0 Å². The first-order valence-electron chi connectivity index (χ1n) is 8.37. The molecule has 0 atom stereocenters. The van der Waals surface area contributed by atoms with Gasteiger partial charge >= 0.3 is 0 Å². The van der Waals surface area contributed by atoms with Crippen molar-refractivity contribution in [2.75, 3.05) is 26.2 Å². The molecule has 7 nitrogen and oxygen atoms in total. The van der Waals surface area contributed by atoms with Crippen molar-refractivity contribution >= 4 is 15.9 Å². The molecule has 1 saturated carbocycles. The average molecular weight is 361 g/mol. The molecule has 8 heteroatoms. The Morgan fingerprint density at radius 1 is 1.08 bits per heavy atom. The number of nitrogens with zero attached hydrogens (tertiary/aromatic N) is 3. The van der Waals surface area contributed by atoms with Crippen molar-refractivity contribution in [3.05, 3.63) is 47.9 Å².